The highest BCUT2D eigenvalue weighted by Crippen LogP contribution is 2.20. The summed E-state index contributed by atoms with van der Waals surface area (Å²) in [6.45, 7) is 0.573. The second kappa shape index (κ2) is 5.57. The lowest BCUT2D eigenvalue weighted by molar-refractivity contribution is 0.626. The Morgan fingerprint density at radius 3 is 2.80 bits per heavy atom. The Hall–Kier alpha value is -2.62. The van der Waals surface area contributed by atoms with Gasteiger partial charge in [0.05, 0.1) is 17.7 Å². The van der Waals surface area contributed by atoms with Gasteiger partial charge in [0.15, 0.2) is 0 Å². The highest BCUT2D eigenvalue weighted by molar-refractivity contribution is 5.61. The second-order valence-corrected chi connectivity index (χ2v) is 4.47. The standard InChI is InChI=1S/C16H14FN3/c17-14-5-3-4-13(10-14)11-19-15-6-1-2-7-16(15)20-9-8-18-12-20/h1-10,12,19H,11H2. The number of anilines is 1. The molecule has 1 aromatic heterocycles. The Morgan fingerprint density at radius 1 is 1.10 bits per heavy atom. The summed E-state index contributed by atoms with van der Waals surface area (Å²) in [7, 11) is 0. The van der Waals surface area contributed by atoms with Gasteiger partial charge in [-0.25, -0.2) is 9.37 Å². The molecule has 0 bridgehead atoms. The lowest BCUT2D eigenvalue weighted by Gasteiger charge is -2.12. The number of nitrogens with zero attached hydrogens (tertiary/aromatic N) is 2. The normalized spacial score (nSPS) is 10.4. The Bertz CT molecular complexity index is 692. The van der Waals surface area contributed by atoms with E-state index < -0.39 is 0 Å². The molecule has 0 amide bonds. The molecule has 3 aromatic rings. The van der Waals surface area contributed by atoms with Gasteiger partial charge in [0.1, 0.15) is 5.82 Å². The molecular formula is C16H14FN3. The van der Waals surface area contributed by atoms with Crippen molar-refractivity contribution in [2.45, 2.75) is 6.54 Å². The van der Waals surface area contributed by atoms with Crippen molar-refractivity contribution >= 4 is 5.69 Å². The summed E-state index contributed by atoms with van der Waals surface area (Å²) >= 11 is 0. The van der Waals surface area contributed by atoms with Crippen LogP contribution in [0.15, 0.2) is 67.3 Å². The summed E-state index contributed by atoms with van der Waals surface area (Å²) in [6, 6.07) is 14.5. The number of rotatable bonds is 4. The van der Waals surface area contributed by atoms with Crippen molar-refractivity contribution in [1.82, 2.24) is 9.55 Å². The molecule has 0 unspecified atom stereocenters. The first kappa shape index (κ1) is 12.4. The molecule has 4 heteroatoms. The fourth-order valence-electron chi connectivity index (χ4n) is 2.09. The van der Waals surface area contributed by atoms with Gasteiger partial charge in [-0.1, -0.05) is 24.3 Å². The molecule has 0 saturated carbocycles. The highest BCUT2D eigenvalue weighted by atomic mass is 19.1. The van der Waals surface area contributed by atoms with E-state index in [-0.39, 0.29) is 5.82 Å². The number of imidazole rings is 1. The summed E-state index contributed by atoms with van der Waals surface area (Å²) in [5, 5.41) is 3.33. The van der Waals surface area contributed by atoms with E-state index in [9.17, 15) is 4.39 Å². The van der Waals surface area contributed by atoms with E-state index in [1.54, 1.807) is 18.6 Å². The predicted molar refractivity (Wildman–Crippen MR) is 77.3 cm³/mol. The van der Waals surface area contributed by atoms with E-state index in [1.165, 1.54) is 12.1 Å². The van der Waals surface area contributed by atoms with Gasteiger partial charge in [0.2, 0.25) is 0 Å². The minimum Gasteiger partial charge on any atom is -0.379 e. The summed E-state index contributed by atoms with van der Waals surface area (Å²) in [5.41, 5.74) is 2.90. The number of hydrogen-bond acceptors (Lipinski definition) is 2. The van der Waals surface area contributed by atoms with Gasteiger partial charge in [-0.05, 0) is 29.8 Å². The van der Waals surface area contributed by atoms with Gasteiger partial charge in [0, 0.05) is 18.9 Å². The molecule has 3 rings (SSSR count). The molecule has 0 aliphatic heterocycles. The third-order valence-corrected chi connectivity index (χ3v) is 3.06. The summed E-state index contributed by atoms with van der Waals surface area (Å²) in [6.07, 6.45) is 5.38. The number of halogens is 1. The van der Waals surface area contributed by atoms with E-state index in [1.807, 2.05) is 41.1 Å². The molecule has 1 heterocycles. The van der Waals surface area contributed by atoms with E-state index >= 15 is 0 Å². The molecule has 0 aliphatic carbocycles. The topological polar surface area (TPSA) is 29.9 Å². The van der Waals surface area contributed by atoms with Crippen LogP contribution < -0.4 is 5.32 Å². The first-order valence-electron chi connectivity index (χ1n) is 6.38. The molecule has 0 spiro atoms. The molecule has 0 aliphatic rings. The van der Waals surface area contributed by atoms with Crippen LogP contribution in [0.2, 0.25) is 0 Å². The third-order valence-electron chi connectivity index (χ3n) is 3.06. The smallest absolute Gasteiger partial charge is 0.123 e. The second-order valence-electron chi connectivity index (χ2n) is 4.47. The van der Waals surface area contributed by atoms with Crippen molar-refractivity contribution < 1.29 is 4.39 Å². The average Bonchev–Trinajstić information content (AvgIpc) is 3.00. The largest absolute Gasteiger partial charge is 0.379 e. The number of aromatic nitrogens is 2. The zero-order valence-electron chi connectivity index (χ0n) is 10.8. The van der Waals surface area contributed by atoms with Crippen molar-refractivity contribution in [2.75, 3.05) is 5.32 Å². The number of para-hydroxylation sites is 2. The Morgan fingerprint density at radius 2 is 2.00 bits per heavy atom. The third kappa shape index (κ3) is 2.69. The SMILES string of the molecule is Fc1cccc(CNc2ccccc2-n2ccnc2)c1. The maximum atomic E-state index is 13.2. The lowest BCUT2D eigenvalue weighted by Crippen LogP contribution is -2.03. The first-order valence-corrected chi connectivity index (χ1v) is 6.38. The van der Waals surface area contributed by atoms with Crippen LogP contribution in [0.1, 0.15) is 5.56 Å². The van der Waals surface area contributed by atoms with E-state index in [4.69, 9.17) is 0 Å². The molecule has 0 radical (unpaired) electrons. The molecule has 2 aromatic carbocycles. The fourth-order valence-corrected chi connectivity index (χ4v) is 2.09. The van der Waals surface area contributed by atoms with Crippen LogP contribution in [0.5, 0.6) is 0 Å². The van der Waals surface area contributed by atoms with Crippen LogP contribution in [-0.2, 0) is 6.54 Å². The average molecular weight is 267 g/mol. The fraction of sp³-hybridized carbons (Fsp3) is 0.0625. The molecular weight excluding hydrogens is 253 g/mol. The highest BCUT2D eigenvalue weighted by Gasteiger charge is 2.03. The van der Waals surface area contributed by atoms with Crippen LogP contribution >= 0.6 is 0 Å². The maximum Gasteiger partial charge on any atom is 0.123 e. The molecule has 0 fully saturated rings. The Kier molecular flexibility index (Phi) is 3.46. The van der Waals surface area contributed by atoms with Crippen molar-refractivity contribution in [3.63, 3.8) is 0 Å². The molecule has 0 saturated heterocycles. The quantitative estimate of drug-likeness (QED) is 0.782. The summed E-state index contributed by atoms with van der Waals surface area (Å²) in [4.78, 5) is 4.06. The molecule has 20 heavy (non-hydrogen) atoms. The summed E-state index contributed by atoms with van der Waals surface area (Å²) < 4.78 is 15.1. The van der Waals surface area contributed by atoms with Gasteiger partial charge in [0.25, 0.3) is 0 Å². The van der Waals surface area contributed by atoms with Crippen LogP contribution in [-0.4, -0.2) is 9.55 Å². The van der Waals surface area contributed by atoms with E-state index in [0.717, 1.165) is 16.9 Å². The monoisotopic (exact) mass is 267 g/mol. The van der Waals surface area contributed by atoms with Gasteiger partial charge in [-0.15, -0.1) is 0 Å². The summed E-state index contributed by atoms with van der Waals surface area (Å²) in [5.74, 6) is -0.216. The van der Waals surface area contributed by atoms with Gasteiger partial charge in [-0.2, -0.15) is 0 Å². The van der Waals surface area contributed by atoms with Gasteiger partial charge < -0.3 is 9.88 Å². The molecule has 0 atom stereocenters. The van der Waals surface area contributed by atoms with Gasteiger partial charge >= 0.3 is 0 Å². The van der Waals surface area contributed by atoms with Crippen molar-refractivity contribution in [1.29, 1.82) is 0 Å². The van der Waals surface area contributed by atoms with Crippen molar-refractivity contribution in [3.05, 3.63) is 78.6 Å². The minimum absolute atomic E-state index is 0.216. The lowest BCUT2D eigenvalue weighted by atomic mass is 10.2. The van der Waals surface area contributed by atoms with Crippen molar-refractivity contribution in [3.8, 4) is 5.69 Å². The molecule has 100 valence electrons. The van der Waals surface area contributed by atoms with Gasteiger partial charge in [-0.3, -0.25) is 0 Å². The predicted octanol–water partition coefficient (Wildman–Crippen LogP) is 3.62. The maximum absolute atomic E-state index is 13.2. The Labute approximate surface area is 116 Å². The van der Waals surface area contributed by atoms with Crippen LogP contribution in [0.4, 0.5) is 10.1 Å². The number of benzene rings is 2. The zero-order valence-corrected chi connectivity index (χ0v) is 10.8. The van der Waals surface area contributed by atoms with Crippen LogP contribution in [0.3, 0.4) is 0 Å². The first-order chi connectivity index (χ1) is 9.83. The zero-order chi connectivity index (χ0) is 13.8. The number of hydrogen-bond donors (Lipinski definition) is 1. The van der Waals surface area contributed by atoms with E-state index in [2.05, 4.69) is 10.3 Å². The van der Waals surface area contributed by atoms with Crippen LogP contribution in [0.25, 0.3) is 5.69 Å². The molecule has 1 N–H and O–H groups in total. The molecule has 3 nitrogen and oxygen atoms in total. The van der Waals surface area contributed by atoms with Crippen molar-refractivity contribution in [2.24, 2.45) is 0 Å². The van der Waals surface area contributed by atoms with E-state index in [0.29, 0.717) is 6.54 Å². The van der Waals surface area contributed by atoms with Crippen LogP contribution in [0, 0.1) is 5.82 Å². The minimum atomic E-state index is -0.216. The Balaban J connectivity index is 1.81. The number of nitrogens with one attached hydrogen (secondary N) is 1.